The molecule has 0 fully saturated rings. The molecule has 14 heavy (non-hydrogen) atoms. The first-order valence-corrected chi connectivity index (χ1v) is 4.75. The molecule has 0 aromatic carbocycles. The summed E-state index contributed by atoms with van der Waals surface area (Å²) in [7, 11) is 0. The molecule has 1 rings (SSSR count). The van der Waals surface area contributed by atoms with Crippen LogP contribution >= 0.6 is 0 Å². The van der Waals surface area contributed by atoms with Gasteiger partial charge >= 0.3 is 0 Å². The fourth-order valence-electron chi connectivity index (χ4n) is 0.945. The van der Waals surface area contributed by atoms with Crippen molar-refractivity contribution >= 4 is 17.8 Å². The van der Waals surface area contributed by atoms with Crippen molar-refractivity contribution in [2.24, 2.45) is 0 Å². The van der Waals surface area contributed by atoms with Crippen LogP contribution in [0.25, 0.3) is 0 Å². The summed E-state index contributed by atoms with van der Waals surface area (Å²) in [5, 5.41) is 6.03. The standard InChI is InChI=1S/C8H16N6/c1-3-5-11-8-13-6(9)12-7(14-8)10-4-2/h3-5H2,1-2H3,(H4,9,10,11,12,13,14). The number of hydrogen-bond donors (Lipinski definition) is 3. The minimum Gasteiger partial charge on any atom is -0.368 e. The summed E-state index contributed by atoms with van der Waals surface area (Å²) in [6.07, 6.45) is 1.02. The quantitative estimate of drug-likeness (QED) is 0.642. The minimum absolute atomic E-state index is 0.231. The van der Waals surface area contributed by atoms with Crippen molar-refractivity contribution in [3.8, 4) is 0 Å². The molecule has 6 heteroatoms. The Morgan fingerprint density at radius 1 is 1.07 bits per heavy atom. The molecule has 1 heterocycles. The molecule has 1 aromatic heterocycles. The number of nitrogens with two attached hydrogens (primary N) is 1. The fraction of sp³-hybridized carbons (Fsp3) is 0.625. The molecule has 1 aromatic rings. The van der Waals surface area contributed by atoms with Crippen LogP contribution in [0.2, 0.25) is 0 Å². The average Bonchev–Trinajstić information content (AvgIpc) is 2.14. The third kappa shape index (κ3) is 3.04. The second kappa shape index (κ2) is 5.21. The van der Waals surface area contributed by atoms with Crippen LogP contribution in [0.4, 0.5) is 17.8 Å². The molecule has 0 aliphatic carbocycles. The summed E-state index contributed by atoms with van der Waals surface area (Å²) in [4.78, 5) is 12.0. The zero-order valence-electron chi connectivity index (χ0n) is 8.54. The Morgan fingerprint density at radius 3 is 2.29 bits per heavy atom. The highest BCUT2D eigenvalue weighted by Crippen LogP contribution is 2.05. The number of aromatic nitrogens is 3. The molecule has 0 radical (unpaired) electrons. The summed E-state index contributed by atoms with van der Waals surface area (Å²) < 4.78 is 0. The Labute approximate surface area is 83.4 Å². The van der Waals surface area contributed by atoms with Crippen LogP contribution in [0.15, 0.2) is 0 Å². The van der Waals surface area contributed by atoms with Crippen LogP contribution in [0.5, 0.6) is 0 Å². The number of hydrogen-bond acceptors (Lipinski definition) is 6. The molecule has 4 N–H and O–H groups in total. The third-order valence-corrected chi connectivity index (χ3v) is 1.52. The van der Waals surface area contributed by atoms with Crippen molar-refractivity contribution in [3.63, 3.8) is 0 Å². The molecule has 0 bridgehead atoms. The molecule has 0 amide bonds. The van der Waals surface area contributed by atoms with E-state index in [1.54, 1.807) is 0 Å². The van der Waals surface area contributed by atoms with Crippen molar-refractivity contribution in [3.05, 3.63) is 0 Å². The molecule has 0 aliphatic heterocycles. The van der Waals surface area contributed by atoms with E-state index < -0.39 is 0 Å². The lowest BCUT2D eigenvalue weighted by Crippen LogP contribution is -2.11. The van der Waals surface area contributed by atoms with Crippen LogP contribution in [0.3, 0.4) is 0 Å². The highest BCUT2D eigenvalue weighted by atomic mass is 15.2. The van der Waals surface area contributed by atoms with Crippen LogP contribution in [0.1, 0.15) is 20.3 Å². The van der Waals surface area contributed by atoms with E-state index in [0.29, 0.717) is 11.9 Å². The van der Waals surface area contributed by atoms with E-state index in [-0.39, 0.29) is 5.95 Å². The van der Waals surface area contributed by atoms with Gasteiger partial charge in [0.2, 0.25) is 17.8 Å². The minimum atomic E-state index is 0.231. The van der Waals surface area contributed by atoms with Gasteiger partial charge in [0.1, 0.15) is 0 Å². The molecule has 6 nitrogen and oxygen atoms in total. The van der Waals surface area contributed by atoms with Crippen LogP contribution in [-0.4, -0.2) is 28.0 Å². The van der Waals surface area contributed by atoms with Gasteiger partial charge in [0, 0.05) is 13.1 Å². The van der Waals surface area contributed by atoms with Gasteiger partial charge in [0.25, 0.3) is 0 Å². The summed E-state index contributed by atoms with van der Waals surface area (Å²) in [5.74, 6) is 1.27. The highest BCUT2D eigenvalue weighted by molar-refractivity contribution is 5.39. The number of rotatable bonds is 5. The highest BCUT2D eigenvalue weighted by Gasteiger charge is 2.01. The van der Waals surface area contributed by atoms with Gasteiger partial charge in [-0.15, -0.1) is 0 Å². The largest absolute Gasteiger partial charge is 0.368 e. The van der Waals surface area contributed by atoms with Crippen molar-refractivity contribution in [2.45, 2.75) is 20.3 Å². The predicted octanol–water partition coefficient (Wildman–Crippen LogP) is 0.707. The SMILES string of the molecule is CCCNc1nc(N)nc(NCC)n1. The van der Waals surface area contributed by atoms with E-state index in [1.165, 1.54) is 0 Å². The summed E-state index contributed by atoms with van der Waals surface area (Å²) in [6, 6.07) is 0. The Morgan fingerprint density at radius 2 is 1.71 bits per heavy atom. The zero-order valence-corrected chi connectivity index (χ0v) is 8.54. The normalized spacial score (nSPS) is 9.86. The maximum absolute atomic E-state index is 5.52. The first-order chi connectivity index (χ1) is 6.76. The Kier molecular flexibility index (Phi) is 3.90. The number of nitrogen functional groups attached to an aromatic ring is 1. The van der Waals surface area contributed by atoms with Gasteiger partial charge in [-0.05, 0) is 13.3 Å². The van der Waals surface area contributed by atoms with E-state index >= 15 is 0 Å². The molecule has 0 aliphatic rings. The second-order valence-electron chi connectivity index (χ2n) is 2.80. The summed E-state index contributed by atoms with van der Waals surface area (Å²) in [5.41, 5.74) is 5.52. The molecule has 0 unspecified atom stereocenters. The van der Waals surface area contributed by atoms with E-state index in [2.05, 4.69) is 32.5 Å². The molecule has 0 atom stereocenters. The lowest BCUT2D eigenvalue weighted by molar-refractivity contribution is 0.939. The van der Waals surface area contributed by atoms with Crippen molar-refractivity contribution in [1.29, 1.82) is 0 Å². The predicted molar refractivity (Wildman–Crippen MR) is 57.2 cm³/mol. The van der Waals surface area contributed by atoms with E-state index in [1.807, 2.05) is 6.92 Å². The summed E-state index contributed by atoms with van der Waals surface area (Å²) >= 11 is 0. The topological polar surface area (TPSA) is 88.8 Å². The second-order valence-corrected chi connectivity index (χ2v) is 2.80. The van der Waals surface area contributed by atoms with Gasteiger partial charge in [0.05, 0.1) is 0 Å². The number of nitrogens with zero attached hydrogens (tertiary/aromatic N) is 3. The zero-order chi connectivity index (χ0) is 10.4. The van der Waals surface area contributed by atoms with Gasteiger partial charge < -0.3 is 16.4 Å². The van der Waals surface area contributed by atoms with E-state index in [9.17, 15) is 0 Å². The lowest BCUT2D eigenvalue weighted by atomic mass is 10.5. The van der Waals surface area contributed by atoms with Gasteiger partial charge in [0.15, 0.2) is 0 Å². The Balaban J connectivity index is 2.73. The van der Waals surface area contributed by atoms with Crippen LogP contribution < -0.4 is 16.4 Å². The molecule has 0 spiro atoms. The third-order valence-electron chi connectivity index (χ3n) is 1.52. The van der Waals surface area contributed by atoms with Gasteiger partial charge in [-0.3, -0.25) is 0 Å². The fourth-order valence-corrected chi connectivity index (χ4v) is 0.945. The Bertz CT molecular complexity index is 287. The first kappa shape index (κ1) is 10.5. The summed E-state index contributed by atoms with van der Waals surface area (Å²) in [6.45, 7) is 5.63. The van der Waals surface area contributed by atoms with Gasteiger partial charge in [-0.25, -0.2) is 0 Å². The van der Waals surface area contributed by atoms with E-state index in [0.717, 1.165) is 19.5 Å². The number of nitrogens with one attached hydrogen (secondary N) is 2. The van der Waals surface area contributed by atoms with Crippen LogP contribution in [-0.2, 0) is 0 Å². The smallest absolute Gasteiger partial charge is 0.229 e. The molecule has 0 saturated carbocycles. The monoisotopic (exact) mass is 196 g/mol. The maximum atomic E-state index is 5.52. The molecular weight excluding hydrogens is 180 g/mol. The van der Waals surface area contributed by atoms with Crippen molar-refractivity contribution in [1.82, 2.24) is 15.0 Å². The Hall–Kier alpha value is -1.59. The average molecular weight is 196 g/mol. The molecule has 0 saturated heterocycles. The molecule has 78 valence electrons. The number of anilines is 3. The van der Waals surface area contributed by atoms with Crippen molar-refractivity contribution in [2.75, 3.05) is 29.5 Å². The van der Waals surface area contributed by atoms with Gasteiger partial charge in [-0.1, -0.05) is 6.92 Å². The van der Waals surface area contributed by atoms with Crippen LogP contribution in [0, 0.1) is 0 Å². The molecular formula is C8H16N6. The maximum Gasteiger partial charge on any atom is 0.229 e. The first-order valence-electron chi connectivity index (χ1n) is 4.75. The van der Waals surface area contributed by atoms with E-state index in [4.69, 9.17) is 5.73 Å². The van der Waals surface area contributed by atoms with Crippen molar-refractivity contribution < 1.29 is 0 Å². The lowest BCUT2D eigenvalue weighted by Gasteiger charge is -2.06. The van der Waals surface area contributed by atoms with Gasteiger partial charge in [-0.2, -0.15) is 15.0 Å².